The van der Waals surface area contributed by atoms with Crippen LogP contribution in [0.4, 0.5) is 5.82 Å². The SMILES string of the molecule is CC.CC.CC1(C)CCC(Nc2ncccc2-c2nnc(C3(C)CCNC3=O)o2)CC1. The maximum Gasteiger partial charge on any atom is 0.251 e. The van der Waals surface area contributed by atoms with Crippen molar-refractivity contribution in [3.05, 3.63) is 24.2 Å². The van der Waals surface area contributed by atoms with E-state index in [2.05, 4.69) is 39.7 Å². The summed E-state index contributed by atoms with van der Waals surface area (Å²) in [6.45, 7) is 15.1. The van der Waals surface area contributed by atoms with E-state index in [9.17, 15) is 4.79 Å². The van der Waals surface area contributed by atoms with Crippen molar-refractivity contribution in [2.45, 2.75) is 92.0 Å². The fourth-order valence-electron chi connectivity index (χ4n) is 3.92. The molecule has 7 nitrogen and oxygen atoms in total. The van der Waals surface area contributed by atoms with Gasteiger partial charge in [0.2, 0.25) is 11.8 Å². The molecule has 7 heteroatoms. The van der Waals surface area contributed by atoms with Crippen molar-refractivity contribution in [2.75, 3.05) is 11.9 Å². The number of hydrogen-bond donors (Lipinski definition) is 2. The highest BCUT2D eigenvalue weighted by atomic mass is 16.4. The molecule has 2 fully saturated rings. The lowest BCUT2D eigenvalue weighted by atomic mass is 9.75. The van der Waals surface area contributed by atoms with Crippen LogP contribution in [0.2, 0.25) is 0 Å². The van der Waals surface area contributed by atoms with E-state index in [-0.39, 0.29) is 5.91 Å². The Balaban J connectivity index is 0.000000807. The summed E-state index contributed by atoms with van der Waals surface area (Å²) in [4.78, 5) is 16.7. The van der Waals surface area contributed by atoms with E-state index in [1.54, 1.807) is 6.20 Å². The van der Waals surface area contributed by atoms with Gasteiger partial charge in [-0.1, -0.05) is 41.5 Å². The Morgan fingerprint density at radius 3 is 2.35 bits per heavy atom. The third-order valence-corrected chi connectivity index (χ3v) is 6.03. The van der Waals surface area contributed by atoms with Gasteiger partial charge in [-0.05, 0) is 56.6 Å². The van der Waals surface area contributed by atoms with Gasteiger partial charge in [-0.2, -0.15) is 0 Å². The van der Waals surface area contributed by atoms with E-state index >= 15 is 0 Å². The van der Waals surface area contributed by atoms with Crippen molar-refractivity contribution >= 4 is 11.7 Å². The van der Waals surface area contributed by atoms with E-state index in [1.807, 2.05) is 46.8 Å². The monoisotopic (exact) mass is 429 g/mol. The average molecular weight is 430 g/mol. The summed E-state index contributed by atoms with van der Waals surface area (Å²) in [7, 11) is 0. The standard InChI is InChI=1S/C20H27N5O2.2C2H6/c1-19(2)8-6-13(7-9-19)23-15-14(5-4-11-21-15)16-24-25-18(27-16)20(3)10-12-22-17(20)26;2*1-2/h4-5,11,13H,6-10,12H2,1-3H3,(H,21,23)(H,22,26);2*1-2H3. The maximum atomic E-state index is 12.2. The first-order valence-corrected chi connectivity index (χ1v) is 11.7. The van der Waals surface area contributed by atoms with E-state index in [1.165, 1.54) is 12.8 Å². The lowest BCUT2D eigenvalue weighted by Gasteiger charge is -2.35. The summed E-state index contributed by atoms with van der Waals surface area (Å²) in [5.41, 5.74) is 0.447. The summed E-state index contributed by atoms with van der Waals surface area (Å²) >= 11 is 0. The third-order valence-electron chi connectivity index (χ3n) is 6.03. The van der Waals surface area contributed by atoms with Crippen molar-refractivity contribution < 1.29 is 9.21 Å². The zero-order valence-electron chi connectivity index (χ0n) is 20.2. The molecule has 0 spiro atoms. The molecular weight excluding hydrogens is 390 g/mol. The number of anilines is 1. The van der Waals surface area contributed by atoms with Gasteiger partial charge in [0.15, 0.2) is 0 Å². The number of amides is 1. The number of nitrogens with one attached hydrogen (secondary N) is 2. The van der Waals surface area contributed by atoms with Crippen LogP contribution in [0.15, 0.2) is 22.7 Å². The Hall–Kier alpha value is -2.44. The number of rotatable bonds is 4. The van der Waals surface area contributed by atoms with Crippen LogP contribution < -0.4 is 10.6 Å². The first kappa shape index (κ1) is 24.8. The summed E-state index contributed by atoms with van der Waals surface area (Å²) in [6, 6.07) is 4.18. The first-order valence-electron chi connectivity index (χ1n) is 11.7. The Kier molecular flexibility index (Phi) is 8.60. The molecule has 1 saturated carbocycles. The molecule has 2 aliphatic rings. The molecule has 2 aromatic heterocycles. The van der Waals surface area contributed by atoms with E-state index in [0.717, 1.165) is 24.2 Å². The normalized spacial score (nSPS) is 22.5. The minimum atomic E-state index is -0.754. The van der Waals surface area contributed by atoms with Gasteiger partial charge in [-0.3, -0.25) is 4.79 Å². The summed E-state index contributed by atoms with van der Waals surface area (Å²) < 4.78 is 5.93. The number of pyridine rings is 1. The lowest BCUT2D eigenvalue weighted by Crippen LogP contribution is -2.32. The number of carbonyl (C=O) groups is 1. The maximum absolute atomic E-state index is 12.2. The molecule has 0 aromatic carbocycles. The molecule has 3 heterocycles. The van der Waals surface area contributed by atoms with Crippen LogP contribution in [0.5, 0.6) is 0 Å². The van der Waals surface area contributed by atoms with Gasteiger partial charge in [-0.25, -0.2) is 4.98 Å². The van der Waals surface area contributed by atoms with Crippen LogP contribution in [0.1, 0.15) is 86.5 Å². The van der Waals surface area contributed by atoms with Gasteiger partial charge in [0.1, 0.15) is 11.2 Å². The van der Waals surface area contributed by atoms with Crippen LogP contribution in [0.3, 0.4) is 0 Å². The van der Waals surface area contributed by atoms with Crippen molar-refractivity contribution in [2.24, 2.45) is 5.41 Å². The van der Waals surface area contributed by atoms with Crippen LogP contribution in [-0.4, -0.2) is 33.7 Å². The zero-order valence-corrected chi connectivity index (χ0v) is 20.2. The Morgan fingerprint density at radius 2 is 1.74 bits per heavy atom. The van der Waals surface area contributed by atoms with Crippen molar-refractivity contribution in [1.82, 2.24) is 20.5 Å². The molecule has 4 rings (SSSR count). The Morgan fingerprint density at radius 1 is 1.06 bits per heavy atom. The second-order valence-corrected chi connectivity index (χ2v) is 8.73. The van der Waals surface area contributed by atoms with Gasteiger partial charge < -0.3 is 15.1 Å². The number of nitrogens with zero attached hydrogens (tertiary/aromatic N) is 3. The van der Waals surface area contributed by atoms with Crippen LogP contribution in [-0.2, 0) is 10.2 Å². The van der Waals surface area contributed by atoms with Gasteiger partial charge in [-0.15, -0.1) is 10.2 Å². The van der Waals surface area contributed by atoms with Crippen molar-refractivity contribution in [1.29, 1.82) is 0 Å². The fraction of sp³-hybridized carbons (Fsp3) is 0.667. The highest BCUT2D eigenvalue weighted by molar-refractivity contribution is 5.88. The molecule has 1 aliphatic carbocycles. The van der Waals surface area contributed by atoms with Crippen molar-refractivity contribution in [3.63, 3.8) is 0 Å². The smallest absolute Gasteiger partial charge is 0.251 e. The Labute approximate surface area is 186 Å². The molecule has 1 atom stereocenters. The Bertz CT molecular complexity index is 838. The minimum Gasteiger partial charge on any atom is -0.419 e. The van der Waals surface area contributed by atoms with E-state index < -0.39 is 5.41 Å². The van der Waals surface area contributed by atoms with Gasteiger partial charge in [0.05, 0.1) is 5.56 Å². The fourth-order valence-corrected chi connectivity index (χ4v) is 3.92. The average Bonchev–Trinajstić information content (AvgIpc) is 3.41. The number of aromatic nitrogens is 3. The number of carbonyl (C=O) groups excluding carboxylic acids is 1. The minimum absolute atomic E-state index is 0.0629. The van der Waals surface area contributed by atoms with Crippen LogP contribution >= 0.6 is 0 Å². The topological polar surface area (TPSA) is 92.9 Å². The summed E-state index contributed by atoms with van der Waals surface area (Å²) in [6.07, 6.45) is 7.06. The molecule has 1 amide bonds. The molecule has 31 heavy (non-hydrogen) atoms. The molecule has 1 unspecified atom stereocenters. The van der Waals surface area contributed by atoms with E-state index in [4.69, 9.17) is 4.42 Å². The lowest BCUT2D eigenvalue weighted by molar-refractivity contribution is -0.124. The molecule has 2 N–H and O–H groups in total. The molecule has 0 radical (unpaired) electrons. The predicted molar refractivity (Wildman–Crippen MR) is 125 cm³/mol. The molecule has 1 aliphatic heterocycles. The second kappa shape index (κ2) is 10.7. The third kappa shape index (κ3) is 5.63. The zero-order chi connectivity index (χ0) is 23.1. The highest BCUT2D eigenvalue weighted by Crippen LogP contribution is 2.37. The molecule has 0 bridgehead atoms. The van der Waals surface area contributed by atoms with E-state index in [0.29, 0.717) is 36.2 Å². The largest absolute Gasteiger partial charge is 0.419 e. The quantitative estimate of drug-likeness (QED) is 0.681. The number of hydrogen-bond acceptors (Lipinski definition) is 6. The highest BCUT2D eigenvalue weighted by Gasteiger charge is 2.44. The summed E-state index contributed by atoms with van der Waals surface area (Å²) in [5, 5.41) is 14.8. The van der Waals surface area contributed by atoms with Crippen LogP contribution in [0.25, 0.3) is 11.5 Å². The van der Waals surface area contributed by atoms with Gasteiger partial charge >= 0.3 is 0 Å². The first-order chi connectivity index (χ1) is 14.9. The summed E-state index contributed by atoms with van der Waals surface area (Å²) in [5.74, 6) is 1.46. The molecule has 1 saturated heterocycles. The molecule has 2 aromatic rings. The second-order valence-electron chi connectivity index (χ2n) is 8.73. The van der Waals surface area contributed by atoms with Gasteiger partial charge in [0, 0.05) is 18.8 Å². The van der Waals surface area contributed by atoms with Crippen molar-refractivity contribution in [3.8, 4) is 11.5 Å². The van der Waals surface area contributed by atoms with Crippen LogP contribution in [0, 0.1) is 5.41 Å². The predicted octanol–water partition coefficient (Wildman–Crippen LogP) is 5.34. The van der Waals surface area contributed by atoms with Gasteiger partial charge in [0.25, 0.3) is 5.89 Å². The molecular formula is C24H39N5O2. The molecule has 172 valence electrons.